The second kappa shape index (κ2) is 7.17. The Bertz CT molecular complexity index is 616. The summed E-state index contributed by atoms with van der Waals surface area (Å²) in [5, 5.41) is 0. The van der Waals surface area contributed by atoms with E-state index in [1.165, 1.54) is 56.9 Å². The van der Waals surface area contributed by atoms with Crippen LogP contribution in [-0.2, 0) is 0 Å². The predicted molar refractivity (Wildman–Crippen MR) is 115 cm³/mol. The molecular weight excluding hydrogens is 312 g/mol. The van der Waals surface area contributed by atoms with E-state index < -0.39 is 0 Å². The van der Waals surface area contributed by atoms with E-state index in [1.807, 2.05) is 0 Å². The number of fused-ring (bicyclic) bond motifs is 3. The zero-order valence-corrected chi connectivity index (χ0v) is 17.7. The lowest BCUT2D eigenvalue weighted by Crippen LogP contribution is -2.48. The van der Waals surface area contributed by atoms with E-state index in [2.05, 4.69) is 59.6 Å². The molecule has 0 N–H and O–H groups in total. The quantitative estimate of drug-likeness (QED) is 0.453. The van der Waals surface area contributed by atoms with Gasteiger partial charge < -0.3 is 0 Å². The summed E-state index contributed by atoms with van der Waals surface area (Å²) in [6.07, 6.45) is 15.9. The molecule has 144 valence electrons. The van der Waals surface area contributed by atoms with E-state index in [4.69, 9.17) is 0 Å². The second-order valence-electron chi connectivity index (χ2n) is 9.98. The van der Waals surface area contributed by atoms with Crippen LogP contribution in [0.4, 0.5) is 0 Å². The van der Waals surface area contributed by atoms with Crippen LogP contribution in [0, 0.1) is 34.5 Å². The van der Waals surface area contributed by atoms with E-state index in [0.717, 1.165) is 23.7 Å². The summed E-state index contributed by atoms with van der Waals surface area (Å²) in [4.78, 5) is 0. The Kier molecular flexibility index (Phi) is 5.44. The first kappa shape index (κ1) is 19.7. The van der Waals surface area contributed by atoms with Gasteiger partial charge in [-0.2, -0.15) is 0 Å². The summed E-state index contributed by atoms with van der Waals surface area (Å²) in [6.45, 7) is 20.5. The maximum Gasteiger partial charge on any atom is -0.00946 e. The fourth-order valence-corrected chi connectivity index (χ4v) is 7.04. The Hall–Kier alpha value is -1.04. The van der Waals surface area contributed by atoms with Crippen LogP contribution in [0.25, 0.3) is 0 Å². The average molecular weight is 353 g/mol. The Morgan fingerprint density at radius 2 is 1.81 bits per heavy atom. The van der Waals surface area contributed by atoms with Gasteiger partial charge in [0.25, 0.3) is 0 Å². The molecule has 0 aromatic carbocycles. The average Bonchev–Trinajstić information content (AvgIpc) is 3.37. The molecule has 0 spiro atoms. The van der Waals surface area contributed by atoms with Crippen molar-refractivity contribution in [1.82, 2.24) is 0 Å². The fraction of sp³-hybridized carbons (Fsp3) is 0.692. The van der Waals surface area contributed by atoms with Crippen molar-refractivity contribution in [2.24, 2.45) is 34.5 Å². The van der Waals surface area contributed by atoms with Gasteiger partial charge in [-0.1, -0.05) is 57.6 Å². The highest BCUT2D eigenvalue weighted by molar-refractivity contribution is 5.39. The number of hydrogen-bond donors (Lipinski definition) is 0. The van der Waals surface area contributed by atoms with Gasteiger partial charge >= 0.3 is 0 Å². The summed E-state index contributed by atoms with van der Waals surface area (Å²) < 4.78 is 0. The molecule has 5 unspecified atom stereocenters. The van der Waals surface area contributed by atoms with Crippen molar-refractivity contribution in [3.8, 4) is 0 Å². The molecule has 0 aromatic rings. The van der Waals surface area contributed by atoms with E-state index in [-0.39, 0.29) is 0 Å². The van der Waals surface area contributed by atoms with E-state index >= 15 is 0 Å². The van der Waals surface area contributed by atoms with Gasteiger partial charge in [0.2, 0.25) is 0 Å². The Labute approximate surface area is 162 Å². The van der Waals surface area contributed by atoms with Crippen molar-refractivity contribution in [2.75, 3.05) is 0 Å². The van der Waals surface area contributed by atoms with Crippen LogP contribution in [0.5, 0.6) is 0 Å². The van der Waals surface area contributed by atoms with E-state index in [0.29, 0.717) is 10.8 Å². The number of hydrogen-bond acceptors (Lipinski definition) is 0. The molecule has 4 aliphatic rings. The van der Waals surface area contributed by atoms with Crippen LogP contribution in [-0.4, -0.2) is 0 Å². The third-order valence-corrected chi connectivity index (χ3v) is 8.69. The summed E-state index contributed by atoms with van der Waals surface area (Å²) >= 11 is 0. The maximum absolute atomic E-state index is 4.46. The lowest BCUT2D eigenvalue weighted by molar-refractivity contribution is -0.0360. The van der Waals surface area contributed by atoms with Crippen LogP contribution in [0.15, 0.2) is 48.6 Å². The van der Waals surface area contributed by atoms with Crippen LogP contribution in [0.1, 0.15) is 79.1 Å². The smallest absolute Gasteiger partial charge is 0.00946 e. The fourth-order valence-electron chi connectivity index (χ4n) is 7.04. The standard InChI is InChI=1S/C24H36.C2H4/c1-6-16(2)20-11-12-22-19-10-9-18(15-17-7-8-17)23(3,4)21(19)13-14-24(20,22)5;1-2/h7,15,19-22H,2,6,8-14H2,1,3-5H3;1-2H2/b18-15-;. The highest BCUT2D eigenvalue weighted by atomic mass is 14.6. The molecule has 0 bridgehead atoms. The first-order valence-corrected chi connectivity index (χ1v) is 11.0. The summed E-state index contributed by atoms with van der Waals surface area (Å²) in [6, 6.07) is 0. The number of allylic oxidation sites excluding steroid dienone is 5. The first-order valence-electron chi connectivity index (χ1n) is 11.0. The highest BCUT2D eigenvalue weighted by Crippen LogP contribution is 2.66. The third kappa shape index (κ3) is 3.08. The lowest BCUT2D eigenvalue weighted by Gasteiger charge is -2.56. The molecule has 0 heteroatoms. The first-order chi connectivity index (χ1) is 12.4. The van der Waals surface area contributed by atoms with Gasteiger partial charge in [0.15, 0.2) is 0 Å². The molecule has 3 fully saturated rings. The highest BCUT2D eigenvalue weighted by Gasteiger charge is 2.57. The van der Waals surface area contributed by atoms with Gasteiger partial charge in [-0.25, -0.2) is 0 Å². The van der Waals surface area contributed by atoms with Gasteiger partial charge in [0.05, 0.1) is 0 Å². The Balaban J connectivity index is 0.000000948. The van der Waals surface area contributed by atoms with Crippen molar-refractivity contribution in [3.63, 3.8) is 0 Å². The lowest BCUT2D eigenvalue weighted by atomic mass is 9.48. The number of rotatable bonds is 3. The van der Waals surface area contributed by atoms with E-state index in [9.17, 15) is 0 Å². The Morgan fingerprint density at radius 3 is 2.42 bits per heavy atom. The molecule has 0 saturated heterocycles. The predicted octanol–water partition coefficient (Wildman–Crippen LogP) is 7.89. The van der Waals surface area contributed by atoms with Crippen molar-refractivity contribution in [2.45, 2.75) is 79.1 Å². The molecular formula is C26H40. The molecule has 0 aliphatic heterocycles. The van der Waals surface area contributed by atoms with Crippen molar-refractivity contribution < 1.29 is 0 Å². The third-order valence-electron chi connectivity index (χ3n) is 8.69. The molecule has 3 saturated carbocycles. The van der Waals surface area contributed by atoms with Crippen molar-refractivity contribution in [3.05, 3.63) is 48.6 Å². The van der Waals surface area contributed by atoms with Gasteiger partial charge in [0.1, 0.15) is 0 Å². The van der Waals surface area contributed by atoms with Crippen LogP contribution in [0.2, 0.25) is 0 Å². The zero-order valence-electron chi connectivity index (χ0n) is 17.7. The summed E-state index contributed by atoms with van der Waals surface area (Å²) in [7, 11) is 0. The van der Waals surface area contributed by atoms with Crippen LogP contribution < -0.4 is 0 Å². The molecule has 5 atom stereocenters. The molecule has 0 heterocycles. The molecule has 0 amide bonds. The van der Waals surface area contributed by atoms with Gasteiger partial charge in [-0.05, 0) is 91.4 Å². The van der Waals surface area contributed by atoms with Gasteiger partial charge in [-0.15, -0.1) is 13.2 Å². The zero-order chi connectivity index (χ0) is 19.1. The minimum absolute atomic E-state index is 0.410. The van der Waals surface area contributed by atoms with Crippen LogP contribution in [0.3, 0.4) is 0 Å². The SMILES string of the molecule is C=C.C=C(CC)C1CCC2C3CC/C(=C/C4=CC4)C(C)(C)C3CCC12C. The molecule has 0 aromatic heterocycles. The van der Waals surface area contributed by atoms with Gasteiger partial charge in [0, 0.05) is 0 Å². The maximum atomic E-state index is 4.46. The molecule has 0 nitrogen and oxygen atoms in total. The second-order valence-corrected chi connectivity index (χ2v) is 9.98. The topological polar surface area (TPSA) is 0 Å². The van der Waals surface area contributed by atoms with E-state index in [1.54, 1.807) is 11.1 Å². The largest absolute Gasteiger partial charge is 0.106 e. The summed E-state index contributed by atoms with van der Waals surface area (Å²) in [5.41, 5.74) is 5.84. The van der Waals surface area contributed by atoms with Gasteiger partial charge in [-0.3, -0.25) is 0 Å². The molecule has 26 heavy (non-hydrogen) atoms. The molecule has 4 rings (SSSR count). The minimum atomic E-state index is 0.410. The summed E-state index contributed by atoms with van der Waals surface area (Å²) in [5.74, 6) is 3.61. The minimum Gasteiger partial charge on any atom is -0.106 e. The molecule has 4 aliphatic carbocycles. The normalized spacial score (nSPS) is 41.4. The van der Waals surface area contributed by atoms with Crippen LogP contribution >= 0.6 is 0 Å². The van der Waals surface area contributed by atoms with Crippen molar-refractivity contribution >= 4 is 0 Å². The van der Waals surface area contributed by atoms with Crippen molar-refractivity contribution in [1.29, 1.82) is 0 Å². The monoisotopic (exact) mass is 352 g/mol. The Morgan fingerprint density at radius 1 is 1.12 bits per heavy atom. The molecule has 0 radical (unpaired) electrons.